The molecule has 0 heterocycles. The summed E-state index contributed by atoms with van der Waals surface area (Å²) in [5, 5.41) is 2.35. The van der Waals surface area contributed by atoms with E-state index in [1.165, 1.54) is 44.3 Å². The topological polar surface area (TPSA) is 26.0 Å². The quantitative estimate of drug-likeness (QED) is 0.181. The molecule has 1 aliphatic rings. The fourth-order valence-electron chi connectivity index (χ4n) is 7.54. The van der Waals surface area contributed by atoms with Crippen molar-refractivity contribution in [3.05, 3.63) is 227 Å². The molecule has 1 aliphatic carbocycles. The summed E-state index contributed by atoms with van der Waals surface area (Å²) in [6.45, 7) is 0. The first-order chi connectivity index (χ1) is 23.2. The SMILES string of the molecule is N/C(=C\C(=C/Cc1ccccc1)c1ccccc1)c1ccc(C2(c3ccccc3)c3ccccc3-c3ccccc32)c2ccccc12. The average molecular weight is 602 g/mol. The van der Waals surface area contributed by atoms with Crippen molar-refractivity contribution in [1.82, 2.24) is 0 Å². The molecular weight excluding hydrogens is 567 g/mol. The molecule has 0 aromatic heterocycles. The fourth-order valence-corrected chi connectivity index (χ4v) is 7.54. The van der Waals surface area contributed by atoms with Crippen LogP contribution in [0, 0.1) is 0 Å². The molecule has 0 atom stereocenters. The predicted molar refractivity (Wildman–Crippen MR) is 198 cm³/mol. The number of benzene rings is 7. The van der Waals surface area contributed by atoms with Crippen LogP contribution in [0.3, 0.4) is 0 Å². The van der Waals surface area contributed by atoms with Crippen molar-refractivity contribution < 1.29 is 0 Å². The van der Waals surface area contributed by atoms with Gasteiger partial charge in [0.05, 0.1) is 5.41 Å². The molecule has 1 nitrogen and oxygen atoms in total. The van der Waals surface area contributed by atoms with E-state index >= 15 is 0 Å². The Morgan fingerprint density at radius 1 is 0.489 bits per heavy atom. The third kappa shape index (κ3) is 4.88. The normalized spacial score (nSPS) is 13.7. The van der Waals surface area contributed by atoms with Crippen molar-refractivity contribution >= 4 is 22.0 Å². The highest BCUT2D eigenvalue weighted by Crippen LogP contribution is 2.57. The highest BCUT2D eigenvalue weighted by molar-refractivity contribution is 6.00. The van der Waals surface area contributed by atoms with Crippen LogP contribution in [0.5, 0.6) is 0 Å². The Labute approximate surface area is 277 Å². The Morgan fingerprint density at radius 2 is 1.02 bits per heavy atom. The van der Waals surface area contributed by atoms with E-state index in [0.29, 0.717) is 0 Å². The molecule has 224 valence electrons. The van der Waals surface area contributed by atoms with Gasteiger partial charge >= 0.3 is 0 Å². The van der Waals surface area contributed by atoms with Gasteiger partial charge in [0.1, 0.15) is 0 Å². The maximum absolute atomic E-state index is 7.09. The number of nitrogens with two attached hydrogens (primary N) is 1. The molecule has 0 radical (unpaired) electrons. The highest BCUT2D eigenvalue weighted by Gasteiger charge is 2.46. The first kappa shape index (κ1) is 28.5. The fraction of sp³-hybridized carbons (Fsp3) is 0.0435. The standard InChI is InChI=1S/C46H35N/c47-45(32-35(34-18-6-2-7-19-34)29-28-33-16-4-1-5-17-33)41-30-31-44(38-23-11-10-22-37(38)41)46(36-20-8-3-9-21-36)42-26-14-12-24-39(42)40-25-13-15-27-43(40)46/h1-27,29-32H,28,47H2/b35-29+,45-32-. The zero-order valence-electron chi connectivity index (χ0n) is 26.2. The van der Waals surface area contributed by atoms with Crippen molar-refractivity contribution in [2.75, 3.05) is 0 Å². The van der Waals surface area contributed by atoms with E-state index in [0.717, 1.165) is 34.2 Å². The number of fused-ring (bicyclic) bond motifs is 4. The van der Waals surface area contributed by atoms with Crippen LogP contribution in [-0.2, 0) is 11.8 Å². The molecule has 0 unspecified atom stereocenters. The minimum absolute atomic E-state index is 0.476. The van der Waals surface area contributed by atoms with Gasteiger partial charge < -0.3 is 5.73 Å². The first-order valence-corrected chi connectivity index (χ1v) is 16.3. The molecule has 1 heteroatoms. The molecule has 0 bridgehead atoms. The highest BCUT2D eigenvalue weighted by atomic mass is 14.6. The van der Waals surface area contributed by atoms with Crippen LogP contribution in [-0.4, -0.2) is 0 Å². The molecule has 0 fully saturated rings. The minimum Gasteiger partial charge on any atom is -0.398 e. The molecule has 47 heavy (non-hydrogen) atoms. The van der Waals surface area contributed by atoms with Crippen molar-refractivity contribution in [2.45, 2.75) is 11.8 Å². The second-order valence-electron chi connectivity index (χ2n) is 12.2. The number of allylic oxidation sites excluding steroid dienone is 3. The maximum Gasteiger partial charge on any atom is 0.0719 e. The summed E-state index contributed by atoms with van der Waals surface area (Å²) in [6.07, 6.45) is 5.25. The molecule has 0 saturated carbocycles. The summed E-state index contributed by atoms with van der Waals surface area (Å²) in [6, 6.07) is 63.2. The number of hydrogen-bond acceptors (Lipinski definition) is 1. The van der Waals surface area contributed by atoms with Gasteiger partial charge in [-0.25, -0.2) is 0 Å². The smallest absolute Gasteiger partial charge is 0.0719 e. The van der Waals surface area contributed by atoms with E-state index in [-0.39, 0.29) is 0 Å². The van der Waals surface area contributed by atoms with Gasteiger partial charge in [0.2, 0.25) is 0 Å². The van der Waals surface area contributed by atoms with Crippen LogP contribution >= 0.6 is 0 Å². The van der Waals surface area contributed by atoms with E-state index in [4.69, 9.17) is 5.73 Å². The minimum atomic E-state index is -0.476. The second kappa shape index (κ2) is 12.1. The lowest BCUT2D eigenvalue weighted by molar-refractivity contribution is 0.776. The number of rotatable bonds is 7. The summed E-state index contributed by atoms with van der Waals surface area (Å²) >= 11 is 0. The van der Waals surface area contributed by atoms with E-state index in [1.807, 2.05) is 0 Å². The van der Waals surface area contributed by atoms with Gasteiger partial charge in [0.25, 0.3) is 0 Å². The molecule has 0 spiro atoms. The van der Waals surface area contributed by atoms with Crippen LogP contribution in [0.1, 0.15) is 38.9 Å². The molecule has 2 N–H and O–H groups in total. The van der Waals surface area contributed by atoms with Crippen LogP contribution in [0.4, 0.5) is 0 Å². The average Bonchev–Trinajstić information content (AvgIpc) is 3.45. The summed E-state index contributed by atoms with van der Waals surface area (Å²) in [7, 11) is 0. The molecule has 7 aromatic rings. The van der Waals surface area contributed by atoms with Crippen LogP contribution in [0.15, 0.2) is 188 Å². The van der Waals surface area contributed by atoms with E-state index in [9.17, 15) is 0 Å². The Hall–Kier alpha value is -5.92. The largest absolute Gasteiger partial charge is 0.398 e. The molecule has 7 aromatic carbocycles. The lowest BCUT2D eigenvalue weighted by atomic mass is 9.66. The molecular formula is C46H35N. The van der Waals surface area contributed by atoms with Crippen molar-refractivity contribution in [1.29, 1.82) is 0 Å². The predicted octanol–water partition coefficient (Wildman–Crippen LogP) is 10.8. The van der Waals surface area contributed by atoms with Crippen molar-refractivity contribution in [3.8, 4) is 11.1 Å². The van der Waals surface area contributed by atoms with Gasteiger partial charge in [-0.1, -0.05) is 182 Å². The first-order valence-electron chi connectivity index (χ1n) is 16.3. The Balaban J connectivity index is 1.34. The maximum atomic E-state index is 7.09. The van der Waals surface area contributed by atoms with Crippen molar-refractivity contribution in [3.63, 3.8) is 0 Å². The molecule has 8 rings (SSSR count). The zero-order chi connectivity index (χ0) is 31.6. The van der Waals surface area contributed by atoms with Crippen molar-refractivity contribution in [2.24, 2.45) is 5.73 Å². The lowest BCUT2D eigenvalue weighted by Gasteiger charge is -2.35. The molecule has 0 aliphatic heterocycles. The van der Waals surface area contributed by atoms with E-state index in [2.05, 4.69) is 188 Å². The van der Waals surface area contributed by atoms with Gasteiger partial charge in [-0.05, 0) is 73.4 Å². The van der Waals surface area contributed by atoms with Gasteiger partial charge in [-0.2, -0.15) is 0 Å². The van der Waals surface area contributed by atoms with E-state index in [1.54, 1.807) is 0 Å². The summed E-state index contributed by atoms with van der Waals surface area (Å²) in [5.41, 5.74) is 19.6. The summed E-state index contributed by atoms with van der Waals surface area (Å²) in [4.78, 5) is 0. The van der Waals surface area contributed by atoms with Gasteiger partial charge in [-0.15, -0.1) is 0 Å². The second-order valence-corrected chi connectivity index (χ2v) is 12.2. The summed E-state index contributed by atoms with van der Waals surface area (Å²) < 4.78 is 0. The van der Waals surface area contributed by atoms with Crippen LogP contribution in [0.2, 0.25) is 0 Å². The van der Waals surface area contributed by atoms with E-state index < -0.39 is 5.41 Å². The lowest BCUT2D eigenvalue weighted by Crippen LogP contribution is -2.29. The van der Waals surface area contributed by atoms with Gasteiger partial charge in [0.15, 0.2) is 0 Å². The van der Waals surface area contributed by atoms with Crippen LogP contribution < -0.4 is 5.73 Å². The molecule has 0 amide bonds. The Morgan fingerprint density at radius 3 is 1.68 bits per heavy atom. The Kier molecular flexibility index (Phi) is 7.36. The monoisotopic (exact) mass is 601 g/mol. The van der Waals surface area contributed by atoms with Crippen LogP contribution in [0.25, 0.3) is 33.2 Å². The zero-order valence-corrected chi connectivity index (χ0v) is 26.2. The third-order valence-corrected chi connectivity index (χ3v) is 9.62. The van der Waals surface area contributed by atoms with Gasteiger partial charge in [0, 0.05) is 11.3 Å². The number of hydrogen-bond donors (Lipinski definition) is 1. The third-order valence-electron chi connectivity index (χ3n) is 9.62. The Bertz CT molecular complexity index is 2210. The summed E-state index contributed by atoms with van der Waals surface area (Å²) in [5.74, 6) is 0. The van der Waals surface area contributed by atoms with Gasteiger partial charge in [-0.3, -0.25) is 0 Å². The molecule has 0 saturated heterocycles.